The number of benzene rings is 3. The molecule has 6 rings (SSSR count). The summed E-state index contributed by atoms with van der Waals surface area (Å²) in [6, 6.07) is 12.9. The van der Waals surface area contributed by atoms with Gasteiger partial charge in [-0.05, 0) is 57.4 Å². The number of fused-ring (bicyclic) bond motifs is 3. The lowest BCUT2D eigenvalue weighted by atomic mass is 9.89. The average Bonchev–Trinajstić information content (AvgIpc) is 3.48. The molecule has 1 aliphatic carbocycles. The SMILES string of the molecule is Bc1c(C)c(P)c(P)c(-c2nc3oc(C=C4C(=O)c5cc6ccccc6cc5C4=O)cc3o2)c1P. The molecule has 0 spiro atoms. The molecule has 35 heavy (non-hydrogen) atoms. The molecule has 9 heteroatoms. The molecule has 0 N–H and O–H groups in total. The van der Waals surface area contributed by atoms with Crippen molar-refractivity contribution >= 4 is 96.7 Å². The molecule has 0 bridgehead atoms. The normalized spacial score (nSPS) is 13.3. The van der Waals surface area contributed by atoms with Crippen molar-refractivity contribution < 1.29 is 18.4 Å². The molecule has 3 aromatic carbocycles. The number of oxazole rings is 1. The summed E-state index contributed by atoms with van der Waals surface area (Å²) in [6.07, 6.45) is 1.48. The van der Waals surface area contributed by atoms with E-state index in [1.165, 1.54) is 11.6 Å². The van der Waals surface area contributed by atoms with E-state index < -0.39 is 0 Å². The summed E-state index contributed by atoms with van der Waals surface area (Å²) in [5.74, 6) is 0.185. The Labute approximate surface area is 208 Å². The van der Waals surface area contributed by atoms with Gasteiger partial charge in [0, 0.05) is 17.2 Å². The molecule has 3 unspecified atom stereocenters. The van der Waals surface area contributed by atoms with Crippen molar-refractivity contribution in [1.82, 2.24) is 4.98 Å². The molecule has 5 nitrogen and oxygen atoms in total. The second kappa shape index (κ2) is 8.07. The third-order valence-corrected chi connectivity index (χ3v) is 9.07. The Morgan fingerprint density at radius 3 is 2.11 bits per heavy atom. The van der Waals surface area contributed by atoms with Gasteiger partial charge in [0.15, 0.2) is 17.1 Å². The van der Waals surface area contributed by atoms with Crippen LogP contribution in [0.5, 0.6) is 0 Å². The van der Waals surface area contributed by atoms with Crippen LogP contribution in [0, 0.1) is 6.92 Å². The van der Waals surface area contributed by atoms with E-state index >= 15 is 0 Å². The second-order valence-electron chi connectivity index (χ2n) is 8.66. The lowest BCUT2D eigenvalue weighted by Crippen LogP contribution is -2.36. The van der Waals surface area contributed by atoms with E-state index in [4.69, 9.17) is 8.83 Å². The summed E-state index contributed by atoms with van der Waals surface area (Å²) in [6.45, 7) is 2.08. The predicted molar refractivity (Wildman–Crippen MR) is 153 cm³/mol. The molecule has 0 saturated heterocycles. The van der Waals surface area contributed by atoms with Gasteiger partial charge in [0.1, 0.15) is 13.6 Å². The van der Waals surface area contributed by atoms with Gasteiger partial charge in [0.2, 0.25) is 5.89 Å². The van der Waals surface area contributed by atoms with Crippen LogP contribution in [0.4, 0.5) is 0 Å². The minimum Gasteiger partial charge on any atom is -0.436 e. The topological polar surface area (TPSA) is 73.3 Å². The number of hydrogen-bond donors (Lipinski definition) is 0. The van der Waals surface area contributed by atoms with Gasteiger partial charge in [-0.2, -0.15) is 4.98 Å². The third-order valence-electron chi connectivity index (χ3n) is 6.67. The van der Waals surface area contributed by atoms with Crippen LogP contribution in [0.3, 0.4) is 0 Å². The van der Waals surface area contributed by atoms with Crippen LogP contribution in [-0.4, -0.2) is 24.4 Å². The highest BCUT2D eigenvalue weighted by Crippen LogP contribution is 2.33. The van der Waals surface area contributed by atoms with Gasteiger partial charge in [0.05, 0.1) is 11.1 Å². The fourth-order valence-corrected chi connectivity index (χ4v) is 6.04. The van der Waals surface area contributed by atoms with Crippen molar-refractivity contribution in [3.8, 4) is 11.5 Å². The quantitative estimate of drug-likeness (QED) is 0.157. The Morgan fingerprint density at radius 1 is 0.886 bits per heavy atom. The minimum atomic E-state index is -0.305. The number of ketones is 2. The molecule has 2 heterocycles. The Hall–Kier alpha value is -2.90. The van der Waals surface area contributed by atoms with Crippen LogP contribution in [0.25, 0.3) is 39.6 Å². The fourth-order valence-electron chi connectivity index (χ4n) is 4.52. The number of carbonyl (C=O) groups excluding carboxylic acids is 2. The monoisotopic (exact) mass is 513 g/mol. The maximum absolute atomic E-state index is 13.0. The van der Waals surface area contributed by atoms with Crippen LogP contribution in [0.15, 0.2) is 56.9 Å². The standard InChI is InChI=1S/C26H19BNO4P3/c1-10-19(27)23(34)18(24(35)22(10)33)26-28-25-17(32-26)9-13(31-25)8-16-20(29)14-6-11-4-2-3-5-12(11)7-15(14)21(16)30/h2-9H,27,33-35H2,1H3. The first-order valence-corrected chi connectivity index (χ1v) is 12.7. The molecule has 0 saturated carbocycles. The zero-order valence-electron chi connectivity index (χ0n) is 18.9. The molecular weight excluding hydrogens is 494 g/mol. The second-order valence-corrected chi connectivity index (χ2v) is 10.4. The lowest BCUT2D eigenvalue weighted by Gasteiger charge is -2.16. The molecule has 0 fully saturated rings. The number of nitrogens with zero attached hydrogens (tertiary/aromatic N) is 1. The van der Waals surface area contributed by atoms with E-state index in [0.717, 1.165) is 37.7 Å². The molecule has 5 aromatic rings. The van der Waals surface area contributed by atoms with Crippen LogP contribution in [0.2, 0.25) is 0 Å². The summed E-state index contributed by atoms with van der Waals surface area (Å²) < 4.78 is 11.9. The number of carbonyl (C=O) groups is 2. The molecule has 0 amide bonds. The number of hydrogen-bond acceptors (Lipinski definition) is 5. The van der Waals surface area contributed by atoms with Crippen molar-refractivity contribution in [3.63, 3.8) is 0 Å². The van der Waals surface area contributed by atoms with Crippen LogP contribution < -0.4 is 21.4 Å². The van der Waals surface area contributed by atoms with Crippen LogP contribution in [0.1, 0.15) is 32.0 Å². The zero-order chi connectivity index (χ0) is 24.6. The van der Waals surface area contributed by atoms with Gasteiger partial charge < -0.3 is 8.83 Å². The summed E-state index contributed by atoms with van der Waals surface area (Å²) >= 11 is 0. The fraction of sp³-hybridized carbons (Fsp3) is 0.0385. The van der Waals surface area contributed by atoms with Crippen LogP contribution >= 0.6 is 27.7 Å². The van der Waals surface area contributed by atoms with Gasteiger partial charge in [-0.3, -0.25) is 9.59 Å². The molecule has 3 atom stereocenters. The van der Waals surface area contributed by atoms with E-state index in [1.807, 2.05) is 24.3 Å². The Kier molecular flexibility index (Phi) is 5.20. The molecule has 2 aromatic heterocycles. The van der Waals surface area contributed by atoms with Gasteiger partial charge in [-0.1, -0.05) is 29.7 Å². The highest BCUT2D eigenvalue weighted by Gasteiger charge is 2.34. The number of Topliss-reactive ketones (excluding diaryl/α,β-unsaturated/α-hetero) is 2. The predicted octanol–water partition coefficient (Wildman–Crippen LogP) is 2.77. The summed E-state index contributed by atoms with van der Waals surface area (Å²) in [5, 5.41) is 4.92. The first kappa shape index (κ1) is 22.6. The van der Waals surface area contributed by atoms with E-state index in [0.29, 0.717) is 34.1 Å². The molecule has 1 aliphatic rings. The van der Waals surface area contributed by atoms with Crippen molar-refractivity contribution in [2.24, 2.45) is 0 Å². The first-order chi connectivity index (χ1) is 16.7. The molecular formula is C26H19BNO4P3. The summed E-state index contributed by atoms with van der Waals surface area (Å²) in [5.41, 5.74) is 4.88. The number of allylic oxidation sites excluding steroid dienone is 1. The smallest absolute Gasteiger partial charge is 0.266 e. The van der Waals surface area contributed by atoms with E-state index in [2.05, 4.69) is 47.5 Å². The maximum atomic E-state index is 13.0. The van der Waals surface area contributed by atoms with Crippen molar-refractivity contribution in [2.75, 3.05) is 0 Å². The number of furan rings is 1. The zero-order valence-corrected chi connectivity index (χ0v) is 22.4. The Morgan fingerprint density at radius 2 is 1.51 bits per heavy atom. The van der Waals surface area contributed by atoms with Gasteiger partial charge in [-0.15, -0.1) is 27.7 Å². The highest BCUT2D eigenvalue weighted by molar-refractivity contribution is 7.37. The van der Waals surface area contributed by atoms with Crippen molar-refractivity contribution in [2.45, 2.75) is 6.92 Å². The van der Waals surface area contributed by atoms with Crippen molar-refractivity contribution in [1.29, 1.82) is 0 Å². The van der Waals surface area contributed by atoms with Crippen molar-refractivity contribution in [3.05, 3.63) is 70.5 Å². The Balaban J connectivity index is 1.40. The van der Waals surface area contributed by atoms with E-state index in [9.17, 15) is 9.59 Å². The Bertz CT molecular complexity index is 1680. The van der Waals surface area contributed by atoms with Crippen LogP contribution in [-0.2, 0) is 0 Å². The summed E-state index contributed by atoms with van der Waals surface area (Å²) in [4.78, 5) is 30.6. The lowest BCUT2D eigenvalue weighted by molar-refractivity contribution is 0.0990. The number of rotatable bonds is 2. The largest absolute Gasteiger partial charge is 0.436 e. The van der Waals surface area contributed by atoms with Gasteiger partial charge in [-0.25, -0.2) is 0 Å². The van der Waals surface area contributed by atoms with E-state index in [1.54, 1.807) is 18.2 Å². The first-order valence-electron chi connectivity index (χ1n) is 10.9. The molecule has 0 aliphatic heterocycles. The third kappa shape index (κ3) is 3.39. The van der Waals surface area contributed by atoms with E-state index in [-0.39, 0.29) is 17.1 Å². The highest BCUT2D eigenvalue weighted by atomic mass is 31.0. The molecule has 0 radical (unpaired) electrons. The number of aromatic nitrogens is 1. The average molecular weight is 513 g/mol. The minimum absolute atomic E-state index is 0.0771. The van der Waals surface area contributed by atoms with Gasteiger partial charge >= 0.3 is 0 Å². The summed E-state index contributed by atoms with van der Waals surface area (Å²) in [7, 11) is 10.4. The molecule has 170 valence electrons. The maximum Gasteiger partial charge on any atom is 0.266 e. The van der Waals surface area contributed by atoms with Gasteiger partial charge in [0.25, 0.3) is 5.71 Å².